The third-order valence-electron chi connectivity index (χ3n) is 0.924. The molecule has 2 heteroatoms. The van der Waals surface area contributed by atoms with Gasteiger partial charge in [-0.25, -0.2) is 0 Å². The lowest BCUT2D eigenvalue weighted by molar-refractivity contribution is 0.795. The van der Waals surface area contributed by atoms with Gasteiger partial charge < -0.3 is 0 Å². The molecule has 1 atom stereocenters. The molecule has 7 heavy (non-hydrogen) atoms. The van der Waals surface area contributed by atoms with Gasteiger partial charge in [-0.3, -0.25) is 0 Å². The average Bonchev–Trinajstić information content (AvgIpc) is 1.31. The molecule has 0 N–H and O–H groups in total. The zero-order chi connectivity index (χ0) is 6.08. The predicted molar refractivity (Wildman–Crippen MR) is 41.5 cm³/mol. The van der Waals surface area contributed by atoms with Crippen LogP contribution in [0.1, 0.15) is 20.8 Å². The highest BCUT2D eigenvalue weighted by Crippen LogP contribution is 2.52. The quantitative estimate of drug-likeness (QED) is 0.506. The first kappa shape index (κ1) is 7.91. The van der Waals surface area contributed by atoms with E-state index in [1.165, 1.54) is 0 Å². The first-order valence-corrected chi connectivity index (χ1v) is 6.15. The minimum atomic E-state index is 0.0710. The van der Waals surface area contributed by atoms with E-state index >= 15 is 0 Å². The van der Waals surface area contributed by atoms with E-state index in [-0.39, 0.29) is 6.62 Å². The van der Waals surface area contributed by atoms with Crippen LogP contribution in [0.25, 0.3) is 0 Å². The fourth-order valence-corrected chi connectivity index (χ4v) is 0. The van der Waals surface area contributed by atoms with E-state index < -0.39 is 0 Å². The fourth-order valence-electron chi connectivity index (χ4n) is 0. The number of rotatable bonds is 0. The van der Waals surface area contributed by atoms with Crippen molar-refractivity contribution in [1.29, 1.82) is 0 Å². The standard InChI is InChI=1S/C5H12BrP/c1-5(2,3)7(4)6/h1-4H3. The van der Waals surface area contributed by atoms with E-state index in [2.05, 4.69) is 42.9 Å². The first-order chi connectivity index (χ1) is 2.94. The highest BCUT2D eigenvalue weighted by Gasteiger charge is 2.15. The summed E-state index contributed by atoms with van der Waals surface area (Å²) < 4.78 is 0. The van der Waals surface area contributed by atoms with Crippen molar-refractivity contribution in [3.63, 3.8) is 0 Å². The Labute approximate surface area is 55.2 Å². The minimum absolute atomic E-state index is 0.0710. The molecule has 0 saturated carbocycles. The fraction of sp³-hybridized carbons (Fsp3) is 1.00. The molecule has 0 heterocycles. The molecule has 0 aliphatic carbocycles. The van der Waals surface area contributed by atoms with E-state index in [1.807, 2.05) is 0 Å². The van der Waals surface area contributed by atoms with Gasteiger partial charge in [0.1, 0.15) is 0 Å². The van der Waals surface area contributed by atoms with E-state index in [9.17, 15) is 0 Å². The van der Waals surface area contributed by atoms with E-state index in [4.69, 9.17) is 0 Å². The molecule has 0 aromatic rings. The van der Waals surface area contributed by atoms with Crippen LogP contribution in [0.3, 0.4) is 0 Å². The number of hydrogen-bond acceptors (Lipinski definition) is 0. The normalized spacial score (nSPS) is 16.7. The summed E-state index contributed by atoms with van der Waals surface area (Å²) in [6.07, 6.45) is 0. The molecule has 0 aliphatic rings. The number of halogens is 1. The number of hydrogen-bond donors (Lipinski definition) is 0. The molecule has 0 radical (unpaired) electrons. The van der Waals surface area contributed by atoms with Crippen molar-refractivity contribution in [3.05, 3.63) is 0 Å². The molecule has 0 saturated heterocycles. The molecule has 0 spiro atoms. The van der Waals surface area contributed by atoms with Gasteiger partial charge >= 0.3 is 0 Å². The van der Waals surface area contributed by atoms with Crippen LogP contribution in [-0.2, 0) is 0 Å². The molecule has 0 rings (SSSR count). The molecular formula is C5H12BrP. The second-order valence-electron chi connectivity index (χ2n) is 2.65. The minimum Gasteiger partial charge on any atom is -0.0602 e. The van der Waals surface area contributed by atoms with E-state index in [0.29, 0.717) is 5.16 Å². The molecule has 44 valence electrons. The van der Waals surface area contributed by atoms with Crippen molar-refractivity contribution in [2.45, 2.75) is 25.9 Å². The van der Waals surface area contributed by atoms with E-state index in [1.54, 1.807) is 0 Å². The van der Waals surface area contributed by atoms with Crippen LogP contribution in [0, 0.1) is 0 Å². The van der Waals surface area contributed by atoms with Crippen molar-refractivity contribution < 1.29 is 0 Å². The lowest BCUT2D eigenvalue weighted by Crippen LogP contribution is -2.06. The molecular weight excluding hydrogens is 171 g/mol. The largest absolute Gasteiger partial charge is 0.0602 e. The van der Waals surface area contributed by atoms with Gasteiger partial charge in [0.25, 0.3) is 0 Å². The monoisotopic (exact) mass is 182 g/mol. The molecule has 0 bridgehead atoms. The SMILES string of the molecule is CP(Br)C(C)(C)C. The highest BCUT2D eigenvalue weighted by atomic mass is 79.9. The van der Waals surface area contributed by atoms with Gasteiger partial charge in [-0.2, -0.15) is 0 Å². The Morgan fingerprint density at radius 1 is 1.29 bits per heavy atom. The summed E-state index contributed by atoms with van der Waals surface area (Å²) in [4.78, 5) is 0. The smallest absolute Gasteiger partial charge is 0.00838 e. The van der Waals surface area contributed by atoms with Crippen LogP contribution in [-0.4, -0.2) is 11.8 Å². The Kier molecular flexibility index (Phi) is 2.78. The van der Waals surface area contributed by atoms with Gasteiger partial charge in [0.2, 0.25) is 0 Å². The van der Waals surface area contributed by atoms with Gasteiger partial charge in [0.05, 0.1) is 0 Å². The first-order valence-electron chi connectivity index (χ1n) is 2.34. The third kappa shape index (κ3) is 3.49. The van der Waals surface area contributed by atoms with Gasteiger partial charge in [-0.15, -0.1) is 0 Å². The lowest BCUT2D eigenvalue weighted by atomic mass is 10.3. The summed E-state index contributed by atoms with van der Waals surface area (Å²) >= 11 is 3.56. The van der Waals surface area contributed by atoms with Crippen LogP contribution in [0.15, 0.2) is 0 Å². The predicted octanol–water partition coefficient (Wildman–Crippen LogP) is 3.21. The molecule has 0 aliphatic heterocycles. The van der Waals surface area contributed by atoms with E-state index in [0.717, 1.165) is 0 Å². The third-order valence-corrected chi connectivity index (χ3v) is 5.96. The Bertz CT molecular complexity index is 53.6. The summed E-state index contributed by atoms with van der Waals surface area (Å²) in [5.74, 6) is 0. The Morgan fingerprint density at radius 2 is 1.43 bits per heavy atom. The maximum atomic E-state index is 3.56. The summed E-state index contributed by atoms with van der Waals surface area (Å²) in [6, 6.07) is 0. The van der Waals surface area contributed by atoms with Crippen molar-refractivity contribution in [1.82, 2.24) is 0 Å². The van der Waals surface area contributed by atoms with Crippen LogP contribution in [0.5, 0.6) is 0 Å². The summed E-state index contributed by atoms with van der Waals surface area (Å²) in [5.41, 5.74) is 0. The summed E-state index contributed by atoms with van der Waals surface area (Å²) in [7, 11) is 0. The van der Waals surface area contributed by atoms with Crippen molar-refractivity contribution in [3.8, 4) is 0 Å². The van der Waals surface area contributed by atoms with Crippen LogP contribution < -0.4 is 0 Å². The van der Waals surface area contributed by atoms with Crippen LogP contribution >= 0.6 is 22.1 Å². The molecule has 0 nitrogen and oxygen atoms in total. The Hall–Kier alpha value is 0.910. The van der Waals surface area contributed by atoms with Crippen molar-refractivity contribution in [2.75, 3.05) is 6.66 Å². The van der Waals surface area contributed by atoms with Gasteiger partial charge in [0, 0.05) is 0 Å². The maximum Gasteiger partial charge on any atom is -0.00838 e. The molecule has 1 unspecified atom stereocenters. The second kappa shape index (κ2) is 2.46. The van der Waals surface area contributed by atoms with Crippen LogP contribution in [0.2, 0.25) is 0 Å². The molecule has 0 fully saturated rings. The van der Waals surface area contributed by atoms with Gasteiger partial charge in [0.15, 0.2) is 0 Å². The zero-order valence-electron chi connectivity index (χ0n) is 5.33. The maximum absolute atomic E-state index is 3.56. The topological polar surface area (TPSA) is 0 Å². The average molecular weight is 183 g/mol. The van der Waals surface area contributed by atoms with Crippen molar-refractivity contribution in [2.24, 2.45) is 0 Å². The second-order valence-corrected chi connectivity index (χ2v) is 8.14. The Balaban J connectivity index is 3.54. The zero-order valence-corrected chi connectivity index (χ0v) is 7.81. The molecule has 0 amide bonds. The van der Waals surface area contributed by atoms with Gasteiger partial charge in [-0.1, -0.05) is 36.3 Å². The van der Waals surface area contributed by atoms with Gasteiger partial charge in [-0.05, 0) is 18.4 Å². The summed E-state index contributed by atoms with van der Waals surface area (Å²) in [6.45, 7) is 9.03. The molecule has 0 aromatic heterocycles. The van der Waals surface area contributed by atoms with Crippen LogP contribution in [0.4, 0.5) is 0 Å². The Morgan fingerprint density at radius 3 is 1.43 bits per heavy atom. The summed E-state index contributed by atoms with van der Waals surface area (Å²) in [5, 5.41) is 0.481. The highest BCUT2D eigenvalue weighted by molar-refractivity contribution is 9.39. The molecule has 0 aromatic carbocycles. The lowest BCUT2D eigenvalue weighted by Gasteiger charge is -2.20. The van der Waals surface area contributed by atoms with Crippen molar-refractivity contribution >= 4 is 22.1 Å².